The van der Waals surface area contributed by atoms with Crippen molar-refractivity contribution in [1.29, 1.82) is 0 Å². The molecule has 2 aromatic carbocycles. The second-order valence-corrected chi connectivity index (χ2v) is 9.00. The van der Waals surface area contributed by atoms with Crippen LogP contribution >= 0.6 is 0 Å². The Labute approximate surface area is 206 Å². The molecule has 1 saturated heterocycles. The van der Waals surface area contributed by atoms with Crippen molar-refractivity contribution in [2.24, 2.45) is 5.92 Å². The lowest BCUT2D eigenvalue weighted by atomic mass is 9.96. The van der Waals surface area contributed by atoms with Gasteiger partial charge in [0.15, 0.2) is 5.65 Å². The number of hydrogen-bond donors (Lipinski definition) is 1. The Balaban J connectivity index is 1.32. The summed E-state index contributed by atoms with van der Waals surface area (Å²) in [5, 5.41) is 8.06. The quantitative estimate of drug-likeness (QED) is 0.436. The van der Waals surface area contributed by atoms with Crippen molar-refractivity contribution in [3.8, 4) is 5.69 Å². The van der Waals surface area contributed by atoms with Gasteiger partial charge in [0.2, 0.25) is 5.91 Å². The molecular formula is C26H25F3N6O. The highest BCUT2D eigenvalue weighted by molar-refractivity contribution is 5.87. The second kappa shape index (κ2) is 9.60. The number of nitrogens with zero attached hydrogens (tertiary/aromatic N) is 5. The Hall–Kier alpha value is -3.95. The third-order valence-electron chi connectivity index (χ3n) is 6.46. The lowest BCUT2D eigenvalue weighted by molar-refractivity contribution is -0.138. The molecule has 3 heterocycles. The summed E-state index contributed by atoms with van der Waals surface area (Å²) in [6, 6.07) is 13.3. The molecule has 1 N–H and O–H groups in total. The van der Waals surface area contributed by atoms with Crippen LogP contribution in [-0.2, 0) is 17.5 Å². The van der Waals surface area contributed by atoms with Gasteiger partial charge in [-0.15, -0.1) is 5.10 Å². The molecule has 0 bridgehead atoms. The average molecular weight is 495 g/mol. The molecule has 1 unspecified atom stereocenters. The molecule has 1 aliphatic heterocycles. The molecule has 4 aromatic rings. The molecule has 186 valence electrons. The minimum absolute atomic E-state index is 0.0482. The normalized spacial score (nSPS) is 16.3. The van der Waals surface area contributed by atoms with Gasteiger partial charge in [0.25, 0.3) is 0 Å². The number of halogens is 3. The number of carbonyl (C=O) groups excluding carboxylic acids is 1. The summed E-state index contributed by atoms with van der Waals surface area (Å²) in [5.41, 5.74) is 1.92. The predicted molar refractivity (Wildman–Crippen MR) is 130 cm³/mol. The molecule has 1 amide bonds. The van der Waals surface area contributed by atoms with E-state index in [-0.39, 0.29) is 23.9 Å². The van der Waals surface area contributed by atoms with Crippen LogP contribution in [0.15, 0.2) is 61.1 Å². The van der Waals surface area contributed by atoms with E-state index < -0.39 is 11.7 Å². The van der Waals surface area contributed by atoms with Gasteiger partial charge in [0.05, 0.1) is 22.6 Å². The number of aromatic nitrogens is 4. The fourth-order valence-electron chi connectivity index (χ4n) is 4.57. The van der Waals surface area contributed by atoms with Gasteiger partial charge in [-0.1, -0.05) is 35.9 Å². The maximum atomic E-state index is 13.3. The van der Waals surface area contributed by atoms with Gasteiger partial charge in [0.1, 0.15) is 12.1 Å². The first-order chi connectivity index (χ1) is 17.3. The van der Waals surface area contributed by atoms with E-state index in [9.17, 15) is 18.0 Å². The van der Waals surface area contributed by atoms with Crippen LogP contribution in [0.25, 0.3) is 16.7 Å². The number of anilines is 1. The molecule has 2 aromatic heterocycles. The van der Waals surface area contributed by atoms with Crippen molar-refractivity contribution in [2.75, 3.05) is 18.0 Å². The van der Waals surface area contributed by atoms with Crippen molar-refractivity contribution >= 4 is 22.8 Å². The monoisotopic (exact) mass is 494 g/mol. The minimum Gasteiger partial charge on any atom is -0.355 e. The van der Waals surface area contributed by atoms with Crippen molar-refractivity contribution in [1.82, 2.24) is 25.1 Å². The van der Waals surface area contributed by atoms with Crippen molar-refractivity contribution in [3.05, 3.63) is 77.7 Å². The molecule has 36 heavy (non-hydrogen) atoms. The Bertz CT molecular complexity index is 1380. The minimum atomic E-state index is -4.47. The number of benzene rings is 2. The summed E-state index contributed by atoms with van der Waals surface area (Å²) in [6.45, 7) is 2.97. The average Bonchev–Trinajstić information content (AvgIpc) is 3.32. The molecule has 7 nitrogen and oxygen atoms in total. The first-order valence-corrected chi connectivity index (χ1v) is 11.7. The van der Waals surface area contributed by atoms with E-state index in [0.717, 1.165) is 29.1 Å². The molecule has 0 spiro atoms. The largest absolute Gasteiger partial charge is 0.416 e. The maximum Gasteiger partial charge on any atom is 0.416 e. The zero-order valence-electron chi connectivity index (χ0n) is 19.7. The SMILES string of the molecule is Cc1ccc(-n2cc3c(N4CCCC(C(=O)NCc5ccccc5C(F)(F)F)C4)ncnc3n2)cc1. The predicted octanol–water partition coefficient (Wildman–Crippen LogP) is 4.68. The molecule has 0 saturated carbocycles. The summed E-state index contributed by atoms with van der Waals surface area (Å²) in [5.74, 6) is 0.0598. The van der Waals surface area contributed by atoms with Crippen LogP contribution in [0.2, 0.25) is 0 Å². The van der Waals surface area contributed by atoms with E-state index in [4.69, 9.17) is 0 Å². The Kier molecular flexibility index (Phi) is 6.34. The number of rotatable bonds is 5. The third-order valence-corrected chi connectivity index (χ3v) is 6.46. The van der Waals surface area contributed by atoms with E-state index in [0.29, 0.717) is 31.0 Å². The van der Waals surface area contributed by atoms with Gasteiger partial charge in [-0.05, 0) is 43.5 Å². The summed E-state index contributed by atoms with van der Waals surface area (Å²) in [7, 11) is 0. The van der Waals surface area contributed by atoms with Crippen molar-refractivity contribution in [3.63, 3.8) is 0 Å². The zero-order valence-corrected chi connectivity index (χ0v) is 19.7. The number of alkyl halides is 3. The zero-order chi connectivity index (χ0) is 25.3. The molecule has 0 radical (unpaired) electrons. The van der Waals surface area contributed by atoms with Gasteiger partial charge < -0.3 is 10.2 Å². The smallest absolute Gasteiger partial charge is 0.355 e. The van der Waals surface area contributed by atoms with E-state index >= 15 is 0 Å². The number of amides is 1. The lowest BCUT2D eigenvalue weighted by Crippen LogP contribution is -2.43. The second-order valence-electron chi connectivity index (χ2n) is 9.00. The number of fused-ring (bicyclic) bond motifs is 1. The molecule has 1 atom stereocenters. The van der Waals surface area contributed by atoms with E-state index in [1.54, 1.807) is 4.68 Å². The van der Waals surface area contributed by atoms with Gasteiger partial charge in [-0.25, -0.2) is 14.6 Å². The fraction of sp³-hybridized carbons (Fsp3) is 0.308. The van der Waals surface area contributed by atoms with Crippen molar-refractivity contribution < 1.29 is 18.0 Å². The number of nitrogens with one attached hydrogen (secondary N) is 1. The summed E-state index contributed by atoms with van der Waals surface area (Å²) < 4.78 is 41.6. The topological polar surface area (TPSA) is 75.9 Å². The van der Waals surface area contributed by atoms with Crippen LogP contribution < -0.4 is 10.2 Å². The van der Waals surface area contributed by atoms with Crippen molar-refractivity contribution in [2.45, 2.75) is 32.5 Å². The molecular weight excluding hydrogens is 469 g/mol. The van der Waals surface area contributed by atoms with Crippen LogP contribution in [-0.4, -0.2) is 38.7 Å². The van der Waals surface area contributed by atoms with Gasteiger partial charge in [0, 0.05) is 25.8 Å². The molecule has 0 aliphatic carbocycles. The van der Waals surface area contributed by atoms with Crippen LogP contribution in [0.5, 0.6) is 0 Å². The highest BCUT2D eigenvalue weighted by Crippen LogP contribution is 2.32. The lowest BCUT2D eigenvalue weighted by Gasteiger charge is -2.33. The number of aryl methyl sites for hydroxylation is 1. The van der Waals surface area contributed by atoms with E-state index in [1.165, 1.54) is 24.5 Å². The van der Waals surface area contributed by atoms with Crippen LogP contribution in [0, 0.1) is 12.8 Å². The standard InChI is InChI=1S/C26H25F3N6O/c1-17-8-10-20(11-9-17)35-15-21-23(33-35)31-16-32-24(21)34-12-4-6-19(14-34)25(36)30-13-18-5-2-3-7-22(18)26(27,28)29/h2-3,5,7-11,15-16,19H,4,6,12-14H2,1H3,(H,30,36). The maximum absolute atomic E-state index is 13.3. The summed E-state index contributed by atoms with van der Waals surface area (Å²) >= 11 is 0. The Morgan fingerprint density at radius 3 is 2.67 bits per heavy atom. The highest BCUT2D eigenvalue weighted by atomic mass is 19.4. The fourth-order valence-corrected chi connectivity index (χ4v) is 4.57. The van der Waals surface area contributed by atoms with Crippen LogP contribution in [0.1, 0.15) is 29.5 Å². The highest BCUT2D eigenvalue weighted by Gasteiger charge is 2.33. The molecule has 1 aliphatic rings. The number of piperidine rings is 1. The third kappa shape index (κ3) is 4.89. The Morgan fingerprint density at radius 1 is 1.11 bits per heavy atom. The first kappa shape index (κ1) is 23.8. The van der Waals surface area contributed by atoms with E-state index in [1.807, 2.05) is 42.3 Å². The number of carbonyl (C=O) groups is 1. The van der Waals surface area contributed by atoms with Crippen LogP contribution in [0.3, 0.4) is 0 Å². The van der Waals surface area contributed by atoms with Gasteiger partial charge in [-0.3, -0.25) is 4.79 Å². The molecule has 1 fully saturated rings. The summed E-state index contributed by atoms with van der Waals surface area (Å²) in [6.07, 6.45) is 0.286. The number of hydrogen-bond acceptors (Lipinski definition) is 5. The van der Waals surface area contributed by atoms with Gasteiger partial charge >= 0.3 is 6.18 Å². The first-order valence-electron chi connectivity index (χ1n) is 11.7. The van der Waals surface area contributed by atoms with Crippen LogP contribution in [0.4, 0.5) is 19.0 Å². The Morgan fingerprint density at radius 2 is 1.89 bits per heavy atom. The van der Waals surface area contributed by atoms with Gasteiger partial charge in [-0.2, -0.15) is 13.2 Å². The van der Waals surface area contributed by atoms with E-state index in [2.05, 4.69) is 20.4 Å². The molecule has 5 rings (SSSR count). The molecule has 10 heteroatoms. The summed E-state index contributed by atoms with van der Waals surface area (Å²) in [4.78, 5) is 23.7.